The molecule has 6 nitrogen and oxygen atoms in total. The van der Waals surface area contributed by atoms with Gasteiger partial charge < -0.3 is 9.64 Å². The Morgan fingerprint density at radius 3 is 2.56 bits per heavy atom. The molecule has 3 aromatic rings. The third kappa shape index (κ3) is 4.80. The van der Waals surface area contributed by atoms with E-state index in [1.54, 1.807) is 65.6 Å². The standard InChI is InChI=1S/C24H23ClN2O4S/c1-18-9-11-21(12-10-18)32(29,30)26(16-19-5-4-6-20(25)15-19)17-24(28)27-13-14-31-23-8-3-2-7-22(23)27/h2-12,15H,13-14,16-17H2,1H3. The smallest absolute Gasteiger partial charge is 0.243 e. The van der Waals surface area contributed by atoms with Crippen LogP contribution in [0, 0.1) is 6.92 Å². The van der Waals surface area contributed by atoms with Gasteiger partial charge in [-0.1, -0.05) is 53.6 Å². The van der Waals surface area contributed by atoms with Crippen molar-refractivity contribution in [3.05, 3.63) is 88.9 Å². The lowest BCUT2D eigenvalue weighted by Crippen LogP contribution is -2.45. The van der Waals surface area contributed by atoms with Gasteiger partial charge in [-0.05, 0) is 48.9 Å². The van der Waals surface area contributed by atoms with Crippen LogP contribution in [0.1, 0.15) is 11.1 Å². The molecule has 0 aliphatic carbocycles. The van der Waals surface area contributed by atoms with Crippen molar-refractivity contribution in [2.45, 2.75) is 18.4 Å². The largest absolute Gasteiger partial charge is 0.490 e. The second kappa shape index (κ2) is 9.32. The predicted molar refractivity (Wildman–Crippen MR) is 125 cm³/mol. The van der Waals surface area contributed by atoms with Gasteiger partial charge in [0, 0.05) is 11.6 Å². The Morgan fingerprint density at radius 2 is 1.81 bits per heavy atom. The number of para-hydroxylation sites is 2. The fraction of sp³-hybridized carbons (Fsp3) is 0.208. The summed E-state index contributed by atoms with van der Waals surface area (Å²) in [6, 6.07) is 20.8. The first kappa shape index (κ1) is 22.3. The van der Waals surface area contributed by atoms with Crippen LogP contribution in [-0.2, 0) is 21.4 Å². The minimum atomic E-state index is -3.93. The first-order valence-corrected chi connectivity index (χ1v) is 12.0. The van der Waals surface area contributed by atoms with Crippen LogP contribution >= 0.6 is 11.6 Å². The number of amides is 1. The van der Waals surface area contributed by atoms with E-state index in [1.165, 1.54) is 4.31 Å². The highest BCUT2D eigenvalue weighted by Gasteiger charge is 2.31. The Kier molecular flexibility index (Phi) is 6.50. The molecule has 0 N–H and O–H groups in total. The normalized spacial score (nSPS) is 13.5. The summed E-state index contributed by atoms with van der Waals surface area (Å²) < 4.78 is 33.8. The first-order chi connectivity index (χ1) is 15.3. The SMILES string of the molecule is Cc1ccc(S(=O)(=O)N(CC(=O)N2CCOc3ccccc32)Cc2cccc(Cl)c2)cc1. The van der Waals surface area contributed by atoms with E-state index in [4.69, 9.17) is 16.3 Å². The predicted octanol–water partition coefficient (Wildman–Crippen LogP) is 4.26. The highest BCUT2D eigenvalue weighted by atomic mass is 35.5. The Bertz CT molecular complexity index is 1230. The maximum absolute atomic E-state index is 13.5. The third-order valence-electron chi connectivity index (χ3n) is 5.25. The van der Waals surface area contributed by atoms with Crippen molar-refractivity contribution in [2.24, 2.45) is 0 Å². The summed E-state index contributed by atoms with van der Waals surface area (Å²) in [6.07, 6.45) is 0. The molecular formula is C24H23ClN2O4S. The van der Waals surface area contributed by atoms with Gasteiger partial charge >= 0.3 is 0 Å². The number of anilines is 1. The minimum Gasteiger partial charge on any atom is -0.490 e. The zero-order chi connectivity index (χ0) is 22.7. The van der Waals surface area contributed by atoms with E-state index in [-0.39, 0.29) is 23.9 Å². The number of ether oxygens (including phenoxy) is 1. The van der Waals surface area contributed by atoms with E-state index in [9.17, 15) is 13.2 Å². The van der Waals surface area contributed by atoms with Crippen LogP contribution in [0.2, 0.25) is 5.02 Å². The fourth-order valence-electron chi connectivity index (χ4n) is 3.59. The van der Waals surface area contributed by atoms with Gasteiger partial charge in [-0.25, -0.2) is 8.42 Å². The number of nitrogens with zero attached hydrogens (tertiary/aromatic N) is 2. The lowest BCUT2D eigenvalue weighted by molar-refractivity contribution is -0.119. The molecule has 166 valence electrons. The molecule has 0 unspecified atom stereocenters. The number of fused-ring (bicyclic) bond motifs is 1. The first-order valence-electron chi connectivity index (χ1n) is 10.2. The summed E-state index contributed by atoms with van der Waals surface area (Å²) in [4.78, 5) is 15.0. The number of halogens is 1. The molecule has 0 spiro atoms. The van der Waals surface area contributed by atoms with Crippen LogP contribution < -0.4 is 9.64 Å². The number of hydrogen-bond acceptors (Lipinski definition) is 4. The summed E-state index contributed by atoms with van der Waals surface area (Å²) in [7, 11) is -3.93. The Labute approximate surface area is 193 Å². The maximum atomic E-state index is 13.5. The highest BCUT2D eigenvalue weighted by molar-refractivity contribution is 7.89. The van der Waals surface area contributed by atoms with Crippen molar-refractivity contribution in [1.29, 1.82) is 0 Å². The van der Waals surface area contributed by atoms with Crippen molar-refractivity contribution in [3.8, 4) is 5.75 Å². The van der Waals surface area contributed by atoms with Crippen molar-refractivity contribution >= 4 is 33.2 Å². The quantitative estimate of drug-likeness (QED) is 0.539. The summed E-state index contributed by atoms with van der Waals surface area (Å²) >= 11 is 6.10. The molecule has 32 heavy (non-hydrogen) atoms. The third-order valence-corrected chi connectivity index (χ3v) is 7.29. The Morgan fingerprint density at radius 1 is 1.06 bits per heavy atom. The topological polar surface area (TPSA) is 66.9 Å². The lowest BCUT2D eigenvalue weighted by Gasteiger charge is -2.31. The van der Waals surface area contributed by atoms with Crippen LogP contribution in [0.15, 0.2) is 77.7 Å². The molecule has 0 atom stereocenters. The van der Waals surface area contributed by atoms with Crippen molar-refractivity contribution < 1.29 is 17.9 Å². The molecule has 0 saturated heterocycles. The maximum Gasteiger partial charge on any atom is 0.243 e. The monoisotopic (exact) mass is 470 g/mol. The fourth-order valence-corrected chi connectivity index (χ4v) is 5.18. The van der Waals surface area contributed by atoms with Gasteiger partial charge in [0.15, 0.2) is 0 Å². The van der Waals surface area contributed by atoms with Gasteiger partial charge in [0.05, 0.1) is 23.7 Å². The van der Waals surface area contributed by atoms with E-state index in [1.807, 2.05) is 19.1 Å². The molecule has 3 aromatic carbocycles. The number of aryl methyl sites for hydroxylation is 1. The zero-order valence-corrected chi connectivity index (χ0v) is 19.1. The van der Waals surface area contributed by atoms with Gasteiger partial charge in [0.2, 0.25) is 15.9 Å². The molecule has 0 aromatic heterocycles. The average molecular weight is 471 g/mol. The van der Waals surface area contributed by atoms with Gasteiger partial charge in [0.1, 0.15) is 12.4 Å². The van der Waals surface area contributed by atoms with Gasteiger partial charge in [-0.3, -0.25) is 4.79 Å². The van der Waals surface area contributed by atoms with E-state index in [0.29, 0.717) is 35.2 Å². The number of carbonyl (C=O) groups is 1. The second-order valence-corrected chi connectivity index (χ2v) is 9.95. The second-order valence-electron chi connectivity index (χ2n) is 7.58. The van der Waals surface area contributed by atoms with Crippen LogP contribution in [0.4, 0.5) is 5.69 Å². The molecule has 1 aliphatic rings. The van der Waals surface area contributed by atoms with Gasteiger partial charge in [-0.15, -0.1) is 0 Å². The van der Waals surface area contributed by atoms with Crippen molar-refractivity contribution in [3.63, 3.8) is 0 Å². The molecule has 1 heterocycles. The molecule has 0 radical (unpaired) electrons. The number of hydrogen-bond donors (Lipinski definition) is 0. The molecule has 1 aliphatic heterocycles. The average Bonchev–Trinajstić information content (AvgIpc) is 2.78. The number of benzene rings is 3. The van der Waals surface area contributed by atoms with Crippen LogP contribution in [-0.4, -0.2) is 38.3 Å². The lowest BCUT2D eigenvalue weighted by atomic mass is 10.2. The van der Waals surface area contributed by atoms with E-state index in [2.05, 4.69) is 0 Å². The Balaban J connectivity index is 1.66. The minimum absolute atomic E-state index is 0.0223. The van der Waals surface area contributed by atoms with E-state index >= 15 is 0 Å². The molecule has 1 amide bonds. The van der Waals surface area contributed by atoms with Gasteiger partial charge in [0.25, 0.3) is 0 Å². The molecule has 0 bridgehead atoms. The zero-order valence-electron chi connectivity index (χ0n) is 17.6. The van der Waals surface area contributed by atoms with Crippen molar-refractivity contribution in [2.75, 3.05) is 24.6 Å². The molecule has 8 heteroatoms. The summed E-state index contributed by atoms with van der Waals surface area (Å²) in [6.45, 7) is 2.30. The van der Waals surface area contributed by atoms with Crippen LogP contribution in [0.3, 0.4) is 0 Å². The van der Waals surface area contributed by atoms with Gasteiger partial charge in [-0.2, -0.15) is 4.31 Å². The van der Waals surface area contributed by atoms with Crippen LogP contribution in [0.25, 0.3) is 0 Å². The number of sulfonamides is 1. The molecular weight excluding hydrogens is 448 g/mol. The summed E-state index contributed by atoms with van der Waals surface area (Å²) in [5, 5.41) is 0.503. The summed E-state index contributed by atoms with van der Waals surface area (Å²) in [5.74, 6) is 0.286. The number of carbonyl (C=O) groups excluding carboxylic acids is 1. The van der Waals surface area contributed by atoms with E-state index < -0.39 is 10.0 Å². The summed E-state index contributed by atoms with van der Waals surface area (Å²) in [5.41, 5.74) is 2.29. The molecule has 0 fully saturated rings. The molecule has 0 saturated carbocycles. The van der Waals surface area contributed by atoms with Crippen molar-refractivity contribution in [1.82, 2.24) is 4.31 Å². The number of rotatable bonds is 6. The highest BCUT2D eigenvalue weighted by Crippen LogP contribution is 2.31. The molecule has 4 rings (SSSR count). The Hall–Kier alpha value is -2.87. The van der Waals surface area contributed by atoms with Crippen LogP contribution in [0.5, 0.6) is 5.75 Å². The van der Waals surface area contributed by atoms with E-state index in [0.717, 1.165) is 5.56 Å².